The Hall–Kier alpha value is -1.77. The summed E-state index contributed by atoms with van der Waals surface area (Å²) in [4.78, 5) is 35.1. The zero-order chi connectivity index (χ0) is 13.3. The van der Waals surface area contributed by atoms with Gasteiger partial charge in [0, 0.05) is 12.8 Å². The summed E-state index contributed by atoms with van der Waals surface area (Å²) in [6.07, 6.45) is 0.585. The zero-order valence-electron chi connectivity index (χ0n) is 10.6. The summed E-state index contributed by atoms with van der Waals surface area (Å²) >= 11 is 0. The lowest BCUT2D eigenvalue weighted by atomic mass is 9.75. The van der Waals surface area contributed by atoms with Gasteiger partial charge in [0.05, 0.1) is 0 Å². The molecule has 0 heterocycles. The van der Waals surface area contributed by atoms with Crippen molar-refractivity contribution in [2.45, 2.75) is 32.6 Å². The molecule has 0 spiro atoms. The molecule has 0 bridgehead atoms. The van der Waals surface area contributed by atoms with E-state index in [1.807, 2.05) is 31.2 Å². The number of hydrogen-bond donors (Lipinski definition) is 0. The molecule has 0 aliphatic heterocycles. The molecule has 1 aromatic carbocycles. The Morgan fingerprint density at radius 2 is 1.67 bits per heavy atom. The molecule has 0 radical (unpaired) electrons. The molecule has 2 rings (SSSR count). The SMILES string of the molecule is CC(=O)C1C(=O)CC(c2ccccc2C)CC1=O. The van der Waals surface area contributed by atoms with Crippen LogP contribution in [0.25, 0.3) is 0 Å². The summed E-state index contributed by atoms with van der Waals surface area (Å²) in [7, 11) is 0. The second kappa shape index (κ2) is 4.84. The lowest BCUT2D eigenvalue weighted by Gasteiger charge is -2.26. The monoisotopic (exact) mass is 244 g/mol. The quantitative estimate of drug-likeness (QED) is 0.749. The molecule has 3 nitrogen and oxygen atoms in total. The molecule has 18 heavy (non-hydrogen) atoms. The average molecular weight is 244 g/mol. The van der Waals surface area contributed by atoms with Gasteiger partial charge in [0.15, 0.2) is 11.6 Å². The highest BCUT2D eigenvalue weighted by Crippen LogP contribution is 2.33. The minimum atomic E-state index is -1.01. The van der Waals surface area contributed by atoms with Crippen LogP contribution in [0.1, 0.15) is 36.8 Å². The predicted molar refractivity (Wildman–Crippen MR) is 67.3 cm³/mol. The minimum absolute atomic E-state index is 0.0678. The van der Waals surface area contributed by atoms with Crippen LogP contribution in [-0.2, 0) is 14.4 Å². The lowest BCUT2D eigenvalue weighted by Crippen LogP contribution is -2.37. The van der Waals surface area contributed by atoms with Crippen molar-refractivity contribution in [3.05, 3.63) is 35.4 Å². The second-order valence-electron chi connectivity index (χ2n) is 4.94. The maximum Gasteiger partial charge on any atom is 0.151 e. The average Bonchev–Trinajstić information content (AvgIpc) is 2.27. The molecule has 0 amide bonds. The fourth-order valence-corrected chi connectivity index (χ4v) is 2.69. The first-order valence-electron chi connectivity index (χ1n) is 6.12. The third kappa shape index (κ3) is 2.26. The molecule has 0 unspecified atom stereocenters. The molecule has 1 aromatic rings. The second-order valence-corrected chi connectivity index (χ2v) is 4.94. The van der Waals surface area contributed by atoms with Gasteiger partial charge in [-0.25, -0.2) is 0 Å². The fourth-order valence-electron chi connectivity index (χ4n) is 2.69. The van der Waals surface area contributed by atoms with Crippen LogP contribution in [-0.4, -0.2) is 17.3 Å². The predicted octanol–water partition coefficient (Wildman–Crippen LogP) is 2.22. The molecule has 1 aliphatic rings. The molecule has 1 fully saturated rings. The number of benzene rings is 1. The van der Waals surface area contributed by atoms with Crippen molar-refractivity contribution in [1.29, 1.82) is 0 Å². The van der Waals surface area contributed by atoms with E-state index in [1.54, 1.807) is 0 Å². The summed E-state index contributed by atoms with van der Waals surface area (Å²) in [6, 6.07) is 7.77. The van der Waals surface area contributed by atoms with Crippen molar-refractivity contribution in [2.24, 2.45) is 5.92 Å². The maximum atomic E-state index is 11.9. The molecular formula is C15H16O3. The standard InChI is InChI=1S/C15H16O3/c1-9-5-3-4-6-12(9)11-7-13(17)15(10(2)16)14(18)8-11/h3-6,11,15H,7-8H2,1-2H3. The van der Waals surface area contributed by atoms with Crippen LogP contribution in [0.3, 0.4) is 0 Å². The number of carbonyl (C=O) groups is 3. The Morgan fingerprint density at radius 3 is 2.17 bits per heavy atom. The summed E-state index contributed by atoms with van der Waals surface area (Å²) < 4.78 is 0. The number of carbonyl (C=O) groups excluding carboxylic acids is 3. The molecule has 0 aromatic heterocycles. The number of Topliss-reactive ketones (excluding diaryl/α,β-unsaturated/α-hetero) is 3. The lowest BCUT2D eigenvalue weighted by molar-refractivity contribution is -0.141. The van der Waals surface area contributed by atoms with E-state index in [2.05, 4.69) is 0 Å². The Labute approximate surface area is 106 Å². The van der Waals surface area contributed by atoms with E-state index in [4.69, 9.17) is 0 Å². The van der Waals surface area contributed by atoms with Gasteiger partial charge in [-0.3, -0.25) is 14.4 Å². The van der Waals surface area contributed by atoms with E-state index in [-0.39, 0.29) is 23.3 Å². The maximum absolute atomic E-state index is 11.9. The summed E-state index contributed by atoms with van der Waals surface area (Å²) in [5.41, 5.74) is 2.13. The van der Waals surface area contributed by atoms with Gasteiger partial charge in [-0.05, 0) is 30.9 Å². The van der Waals surface area contributed by atoms with Crippen LogP contribution in [0.15, 0.2) is 24.3 Å². The van der Waals surface area contributed by atoms with E-state index in [0.717, 1.165) is 11.1 Å². The number of rotatable bonds is 2. The fraction of sp³-hybridized carbons (Fsp3) is 0.400. The molecule has 1 aliphatic carbocycles. The zero-order valence-corrected chi connectivity index (χ0v) is 10.6. The molecule has 0 saturated heterocycles. The van der Waals surface area contributed by atoms with Crippen molar-refractivity contribution in [2.75, 3.05) is 0 Å². The molecule has 1 saturated carbocycles. The van der Waals surface area contributed by atoms with Crippen LogP contribution >= 0.6 is 0 Å². The third-order valence-electron chi connectivity index (χ3n) is 3.57. The van der Waals surface area contributed by atoms with Gasteiger partial charge in [0.25, 0.3) is 0 Å². The summed E-state index contributed by atoms with van der Waals surface area (Å²) in [5.74, 6) is -1.86. The van der Waals surface area contributed by atoms with E-state index >= 15 is 0 Å². The number of hydrogen-bond acceptors (Lipinski definition) is 3. The Kier molecular flexibility index (Phi) is 3.41. The normalized spacial score (nSPS) is 24.1. The van der Waals surface area contributed by atoms with E-state index in [0.29, 0.717) is 12.8 Å². The molecule has 0 atom stereocenters. The van der Waals surface area contributed by atoms with Gasteiger partial charge in [-0.15, -0.1) is 0 Å². The van der Waals surface area contributed by atoms with Gasteiger partial charge in [0.1, 0.15) is 11.7 Å². The van der Waals surface area contributed by atoms with Crippen molar-refractivity contribution in [3.8, 4) is 0 Å². The first-order chi connectivity index (χ1) is 8.50. The Bertz CT molecular complexity index is 498. The van der Waals surface area contributed by atoms with E-state index in [9.17, 15) is 14.4 Å². The largest absolute Gasteiger partial charge is 0.299 e. The van der Waals surface area contributed by atoms with E-state index < -0.39 is 5.92 Å². The highest BCUT2D eigenvalue weighted by molar-refractivity contribution is 6.20. The number of ketones is 3. The van der Waals surface area contributed by atoms with Crippen molar-refractivity contribution >= 4 is 17.3 Å². The Balaban J connectivity index is 2.26. The van der Waals surface area contributed by atoms with Gasteiger partial charge in [-0.1, -0.05) is 24.3 Å². The van der Waals surface area contributed by atoms with Crippen LogP contribution < -0.4 is 0 Å². The molecule has 0 N–H and O–H groups in total. The van der Waals surface area contributed by atoms with Crippen LogP contribution in [0.5, 0.6) is 0 Å². The van der Waals surface area contributed by atoms with Crippen LogP contribution in [0.4, 0.5) is 0 Å². The summed E-state index contributed by atoms with van der Waals surface area (Å²) in [5, 5.41) is 0. The highest BCUT2D eigenvalue weighted by atomic mass is 16.2. The van der Waals surface area contributed by atoms with Gasteiger partial charge in [-0.2, -0.15) is 0 Å². The summed E-state index contributed by atoms with van der Waals surface area (Å²) in [6.45, 7) is 3.29. The minimum Gasteiger partial charge on any atom is -0.299 e. The van der Waals surface area contributed by atoms with Crippen LogP contribution in [0, 0.1) is 12.8 Å². The smallest absolute Gasteiger partial charge is 0.151 e. The van der Waals surface area contributed by atoms with Crippen molar-refractivity contribution < 1.29 is 14.4 Å². The third-order valence-corrected chi connectivity index (χ3v) is 3.57. The first-order valence-corrected chi connectivity index (χ1v) is 6.12. The highest BCUT2D eigenvalue weighted by Gasteiger charge is 2.38. The topological polar surface area (TPSA) is 51.2 Å². The van der Waals surface area contributed by atoms with Crippen LogP contribution in [0.2, 0.25) is 0 Å². The van der Waals surface area contributed by atoms with Gasteiger partial charge < -0.3 is 0 Å². The molecular weight excluding hydrogens is 228 g/mol. The molecule has 3 heteroatoms. The van der Waals surface area contributed by atoms with Crippen molar-refractivity contribution in [3.63, 3.8) is 0 Å². The Morgan fingerprint density at radius 1 is 1.11 bits per heavy atom. The van der Waals surface area contributed by atoms with Gasteiger partial charge in [0.2, 0.25) is 0 Å². The van der Waals surface area contributed by atoms with E-state index in [1.165, 1.54) is 6.92 Å². The molecule has 94 valence electrons. The first kappa shape index (κ1) is 12.7. The van der Waals surface area contributed by atoms with Gasteiger partial charge >= 0.3 is 0 Å². The number of aryl methyl sites for hydroxylation is 1. The van der Waals surface area contributed by atoms with Crippen molar-refractivity contribution in [1.82, 2.24) is 0 Å².